The van der Waals surface area contributed by atoms with E-state index in [1.165, 1.54) is 7.11 Å². The van der Waals surface area contributed by atoms with Gasteiger partial charge in [-0.2, -0.15) is 0 Å². The monoisotopic (exact) mass is 306 g/mol. The third-order valence-electron chi connectivity index (χ3n) is 4.84. The van der Waals surface area contributed by atoms with E-state index in [1.54, 1.807) is 39.8 Å². The Morgan fingerprint density at radius 1 is 1.27 bits per heavy atom. The second-order valence-electron chi connectivity index (χ2n) is 6.63. The van der Waals surface area contributed by atoms with Gasteiger partial charge in [-0.05, 0) is 50.5 Å². The predicted molar refractivity (Wildman–Crippen MR) is 86.3 cm³/mol. The first-order valence-corrected chi connectivity index (χ1v) is 7.36. The van der Waals surface area contributed by atoms with Crippen molar-refractivity contribution >= 4 is 11.8 Å². The van der Waals surface area contributed by atoms with Crippen molar-refractivity contribution in [1.82, 2.24) is 0 Å². The first-order chi connectivity index (χ1) is 9.98. The van der Waals surface area contributed by atoms with E-state index in [2.05, 4.69) is 0 Å². The molecular weight excluding hydrogens is 280 g/mol. The van der Waals surface area contributed by atoms with E-state index in [0.717, 1.165) is 5.57 Å². The van der Waals surface area contributed by atoms with E-state index in [9.17, 15) is 14.7 Å². The van der Waals surface area contributed by atoms with E-state index in [0.29, 0.717) is 16.7 Å². The van der Waals surface area contributed by atoms with Crippen molar-refractivity contribution in [1.29, 1.82) is 0 Å². The molecule has 0 radical (unpaired) electrons. The third-order valence-corrected chi connectivity index (χ3v) is 4.84. The Kier molecular flexibility index (Phi) is 5.18. The van der Waals surface area contributed by atoms with Gasteiger partial charge in [-0.1, -0.05) is 19.9 Å². The number of aliphatic hydroxyl groups is 1. The second-order valence-corrected chi connectivity index (χ2v) is 6.63. The van der Waals surface area contributed by atoms with Gasteiger partial charge in [0.25, 0.3) is 0 Å². The number of carbonyl (C=O) groups is 2. The molecule has 0 aromatic carbocycles. The Balaban J connectivity index is 3.32. The molecule has 0 bridgehead atoms. The van der Waals surface area contributed by atoms with E-state index < -0.39 is 17.0 Å². The van der Waals surface area contributed by atoms with Crippen LogP contribution in [0.2, 0.25) is 0 Å². The first-order valence-electron chi connectivity index (χ1n) is 7.36. The molecule has 0 aromatic rings. The Morgan fingerprint density at radius 3 is 2.32 bits per heavy atom. The zero-order chi connectivity index (χ0) is 17.3. The lowest BCUT2D eigenvalue weighted by molar-refractivity contribution is -0.136. The molecule has 0 amide bonds. The maximum absolute atomic E-state index is 12.0. The number of hydrogen-bond donors (Lipinski definition) is 1. The van der Waals surface area contributed by atoms with Crippen LogP contribution in [0.4, 0.5) is 0 Å². The highest BCUT2D eigenvalue weighted by Crippen LogP contribution is 2.46. The lowest BCUT2D eigenvalue weighted by Crippen LogP contribution is -2.49. The maximum Gasteiger partial charge on any atom is 0.333 e. The molecule has 0 unspecified atom stereocenters. The van der Waals surface area contributed by atoms with Gasteiger partial charge in [0.15, 0.2) is 5.78 Å². The van der Waals surface area contributed by atoms with Gasteiger partial charge in [-0.15, -0.1) is 0 Å². The summed E-state index contributed by atoms with van der Waals surface area (Å²) in [5.74, 6) is -0.325. The molecule has 0 saturated carbocycles. The molecule has 122 valence electrons. The highest BCUT2D eigenvalue weighted by Gasteiger charge is 2.48. The predicted octanol–water partition coefficient (Wildman–Crippen LogP) is 3.12. The van der Waals surface area contributed by atoms with Crippen LogP contribution in [0.15, 0.2) is 34.4 Å². The van der Waals surface area contributed by atoms with Crippen LogP contribution in [-0.2, 0) is 14.3 Å². The van der Waals surface area contributed by atoms with E-state index >= 15 is 0 Å². The van der Waals surface area contributed by atoms with Gasteiger partial charge in [0.1, 0.15) is 5.60 Å². The summed E-state index contributed by atoms with van der Waals surface area (Å²) in [5.41, 5.74) is 0.655. The zero-order valence-electron chi connectivity index (χ0n) is 14.5. The van der Waals surface area contributed by atoms with E-state index in [4.69, 9.17) is 4.74 Å². The molecule has 1 aliphatic rings. The average Bonchev–Trinajstić information content (AvgIpc) is 2.46. The van der Waals surface area contributed by atoms with Crippen LogP contribution >= 0.6 is 0 Å². The number of ether oxygens (including phenoxy) is 1. The number of esters is 1. The minimum absolute atomic E-state index is 0.0681. The number of allylic oxidation sites excluding steroid dienone is 3. The minimum Gasteiger partial charge on any atom is -0.466 e. The Labute approximate surface area is 132 Å². The molecule has 0 saturated heterocycles. The fraction of sp³-hybridized carbons (Fsp3) is 0.556. The normalized spacial score (nSPS) is 26.3. The quantitative estimate of drug-likeness (QED) is 0.494. The number of ketones is 1. The third kappa shape index (κ3) is 3.07. The van der Waals surface area contributed by atoms with Crippen molar-refractivity contribution in [3.05, 3.63) is 34.4 Å². The topological polar surface area (TPSA) is 63.6 Å². The lowest BCUT2D eigenvalue weighted by atomic mass is 9.62. The molecule has 0 fully saturated rings. The summed E-state index contributed by atoms with van der Waals surface area (Å²) in [6.45, 7) is 10.7. The van der Waals surface area contributed by atoms with Crippen molar-refractivity contribution in [3.63, 3.8) is 0 Å². The molecule has 0 aromatic heterocycles. The van der Waals surface area contributed by atoms with Gasteiger partial charge >= 0.3 is 5.97 Å². The molecular formula is C18H26O4. The minimum atomic E-state index is -1.22. The number of carbonyl (C=O) groups excluding carboxylic acids is 2. The van der Waals surface area contributed by atoms with Crippen LogP contribution in [0.1, 0.15) is 48.0 Å². The van der Waals surface area contributed by atoms with Crippen molar-refractivity contribution in [3.8, 4) is 0 Å². The van der Waals surface area contributed by atoms with Gasteiger partial charge in [0.05, 0.1) is 7.11 Å². The van der Waals surface area contributed by atoms with Crippen LogP contribution < -0.4 is 0 Å². The Morgan fingerprint density at radius 2 is 1.82 bits per heavy atom. The fourth-order valence-electron chi connectivity index (χ4n) is 2.71. The average molecular weight is 306 g/mol. The van der Waals surface area contributed by atoms with Crippen molar-refractivity contribution in [2.24, 2.45) is 5.41 Å². The molecule has 4 nitrogen and oxygen atoms in total. The number of hydrogen-bond acceptors (Lipinski definition) is 4. The maximum atomic E-state index is 12.0. The summed E-state index contributed by atoms with van der Waals surface area (Å²) in [6, 6.07) is 0. The van der Waals surface area contributed by atoms with Gasteiger partial charge in [0.2, 0.25) is 0 Å². The lowest BCUT2D eigenvalue weighted by Gasteiger charge is -2.45. The zero-order valence-corrected chi connectivity index (χ0v) is 14.5. The summed E-state index contributed by atoms with van der Waals surface area (Å²) in [7, 11) is 1.34. The standard InChI is InChI=1S/C18H26O4/c1-11(12(2)16(20)22-7)8-9-18(21)14(4)13(3)15(19)10-17(18,5)6/h8-9,21H,10H2,1-7H3/b9-8+,12-11-/t18-/m1/s1. The Bertz CT molecular complexity index is 590. The van der Waals surface area contributed by atoms with Crippen molar-refractivity contribution < 1.29 is 19.4 Å². The van der Waals surface area contributed by atoms with Crippen LogP contribution in [0.3, 0.4) is 0 Å². The summed E-state index contributed by atoms with van der Waals surface area (Å²) in [5, 5.41) is 11.1. The van der Waals surface area contributed by atoms with Crippen molar-refractivity contribution in [2.75, 3.05) is 7.11 Å². The van der Waals surface area contributed by atoms with Gasteiger partial charge in [0, 0.05) is 17.4 Å². The van der Waals surface area contributed by atoms with Crippen LogP contribution in [-0.4, -0.2) is 29.6 Å². The van der Waals surface area contributed by atoms with E-state index in [-0.39, 0.29) is 12.2 Å². The molecule has 0 heterocycles. The molecule has 1 atom stereocenters. The number of methoxy groups -OCH3 is 1. The van der Waals surface area contributed by atoms with Gasteiger partial charge < -0.3 is 9.84 Å². The number of Topliss-reactive ketones (excluding diaryl/α,β-unsaturated/α-hetero) is 1. The fourth-order valence-corrected chi connectivity index (χ4v) is 2.71. The van der Waals surface area contributed by atoms with Gasteiger partial charge in [-0.3, -0.25) is 4.79 Å². The van der Waals surface area contributed by atoms with Crippen LogP contribution in [0, 0.1) is 5.41 Å². The van der Waals surface area contributed by atoms with Gasteiger partial charge in [-0.25, -0.2) is 4.79 Å². The summed E-state index contributed by atoms with van der Waals surface area (Å²) in [6.07, 6.45) is 3.69. The molecule has 1 aliphatic carbocycles. The summed E-state index contributed by atoms with van der Waals surface area (Å²) >= 11 is 0. The molecule has 22 heavy (non-hydrogen) atoms. The molecule has 0 aliphatic heterocycles. The SMILES string of the molecule is COC(=O)/C(C)=C(C)\C=C\[C@@]1(O)C(C)=C(C)C(=O)CC1(C)C. The van der Waals surface area contributed by atoms with Crippen LogP contribution in [0.5, 0.6) is 0 Å². The van der Waals surface area contributed by atoms with Crippen LogP contribution in [0.25, 0.3) is 0 Å². The molecule has 4 heteroatoms. The van der Waals surface area contributed by atoms with Crippen molar-refractivity contribution in [2.45, 2.75) is 53.6 Å². The smallest absolute Gasteiger partial charge is 0.333 e. The molecule has 1 N–H and O–H groups in total. The Hall–Kier alpha value is -1.68. The van der Waals surface area contributed by atoms with E-state index in [1.807, 2.05) is 13.8 Å². The number of rotatable bonds is 3. The first kappa shape index (κ1) is 18.4. The summed E-state index contributed by atoms with van der Waals surface area (Å²) < 4.78 is 4.70. The largest absolute Gasteiger partial charge is 0.466 e. The highest BCUT2D eigenvalue weighted by molar-refractivity contribution is 5.97. The summed E-state index contributed by atoms with van der Waals surface area (Å²) in [4.78, 5) is 23.6. The molecule has 1 rings (SSSR count). The molecule has 0 spiro atoms. The second kappa shape index (κ2) is 6.21. The highest BCUT2D eigenvalue weighted by atomic mass is 16.5.